The lowest BCUT2D eigenvalue weighted by molar-refractivity contribution is -0.149. The summed E-state index contributed by atoms with van der Waals surface area (Å²) in [5.41, 5.74) is 0. The van der Waals surface area contributed by atoms with Gasteiger partial charge in [0.25, 0.3) is 0 Å². The average molecular weight is 244 g/mol. The Morgan fingerprint density at radius 3 is 2.76 bits per heavy atom. The Bertz CT molecular complexity index is 270. The van der Waals surface area contributed by atoms with E-state index in [1.165, 1.54) is 0 Å². The topological polar surface area (TPSA) is 87.7 Å². The van der Waals surface area contributed by atoms with Gasteiger partial charge in [-0.3, -0.25) is 4.79 Å². The predicted molar refractivity (Wildman–Crippen MR) is 61.7 cm³/mol. The smallest absolute Gasteiger partial charge is 0.332 e. The van der Waals surface area contributed by atoms with Crippen molar-refractivity contribution in [2.24, 2.45) is 0 Å². The molecule has 1 heterocycles. The molecule has 98 valence electrons. The van der Waals surface area contributed by atoms with E-state index in [1.807, 2.05) is 6.92 Å². The lowest BCUT2D eigenvalue weighted by atomic mass is 10.2. The summed E-state index contributed by atoms with van der Waals surface area (Å²) >= 11 is 0. The maximum Gasteiger partial charge on any atom is 0.332 e. The number of amides is 1. The number of carbonyl (C=O) groups excluding carboxylic acids is 1. The number of carboxylic acids is 1. The number of carbonyl (C=O) groups is 2. The van der Waals surface area contributed by atoms with Crippen LogP contribution in [0.1, 0.15) is 26.2 Å². The van der Waals surface area contributed by atoms with Crippen LogP contribution in [0.25, 0.3) is 0 Å². The number of rotatable bonds is 7. The molecule has 17 heavy (non-hydrogen) atoms. The number of hydrogen-bond acceptors (Lipinski definition) is 4. The minimum Gasteiger partial charge on any atom is -0.479 e. The fraction of sp³-hybridized carbons (Fsp3) is 0.818. The number of nitrogens with one attached hydrogen (secondary N) is 2. The largest absolute Gasteiger partial charge is 0.479 e. The van der Waals surface area contributed by atoms with Gasteiger partial charge in [0.1, 0.15) is 0 Å². The van der Waals surface area contributed by atoms with Crippen LogP contribution in [0.2, 0.25) is 0 Å². The summed E-state index contributed by atoms with van der Waals surface area (Å²) < 4.78 is 5.27. The Labute approximate surface area is 101 Å². The Kier molecular flexibility index (Phi) is 5.93. The lowest BCUT2D eigenvalue weighted by Crippen LogP contribution is -2.34. The van der Waals surface area contributed by atoms with Crippen LogP contribution < -0.4 is 10.6 Å². The normalized spacial score (nSPS) is 23.6. The van der Waals surface area contributed by atoms with Gasteiger partial charge in [0.2, 0.25) is 5.91 Å². The van der Waals surface area contributed by atoms with Gasteiger partial charge in [-0.05, 0) is 19.4 Å². The van der Waals surface area contributed by atoms with Crippen molar-refractivity contribution < 1.29 is 19.4 Å². The van der Waals surface area contributed by atoms with E-state index in [-0.39, 0.29) is 12.0 Å². The Hall–Kier alpha value is -1.14. The fourth-order valence-electron chi connectivity index (χ4n) is 1.73. The molecule has 2 atom stereocenters. The quantitative estimate of drug-likeness (QED) is 0.537. The summed E-state index contributed by atoms with van der Waals surface area (Å²) in [6.45, 7) is 3.88. The van der Waals surface area contributed by atoms with Crippen LogP contribution in [-0.2, 0) is 14.3 Å². The minimum absolute atomic E-state index is 0.0340. The van der Waals surface area contributed by atoms with Crippen LogP contribution >= 0.6 is 0 Å². The second-order valence-corrected chi connectivity index (χ2v) is 4.07. The van der Waals surface area contributed by atoms with Gasteiger partial charge in [-0.25, -0.2) is 4.79 Å². The molecule has 1 rings (SSSR count). The van der Waals surface area contributed by atoms with Gasteiger partial charge < -0.3 is 20.5 Å². The first-order valence-corrected chi connectivity index (χ1v) is 5.99. The molecule has 1 aliphatic heterocycles. The van der Waals surface area contributed by atoms with Crippen molar-refractivity contribution in [3.63, 3.8) is 0 Å². The number of ether oxygens (including phenoxy) is 1. The third-order valence-corrected chi connectivity index (χ3v) is 2.69. The maximum absolute atomic E-state index is 11.4. The molecule has 6 nitrogen and oxygen atoms in total. The molecule has 0 bridgehead atoms. The van der Waals surface area contributed by atoms with Crippen molar-refractivity contribution in [3.8, 4) is 0 Å². The van der Waals surface area contributed by atoms with E-state index in [0.717, 1.165) is 6.54 Å². The summed E-state index contributed by atoms with van der Waals surface area (Å²) in [4.78, 5) is 22.0. The highest BCUT2D eigenvalue weighted by atomic mass is 16.5. The van der Waals surface area contributed by atoms with Gasteiger partial charge in [-0.2, -0.15) is 0 Å². The number of carboxylic acid groups (broad SMARTS) is 1. The Balaban J connectivity index is 2.11. The van der Waals surface area contributed by atoms with Gasteiger partial charge in [0.15, 0.2) is 6.10 Å². The fourth-order valence-corrected chi connectivity index (χ4v) is 1.73. The molecule has 0 spiro atoms. The number of hydrogen-bond donors (Lipinski definition) is 3. The summed E-state index contributed by atoms with van der Waals surface area (Å²) in [6, 6.07) is 0. The van der Waals surface area contributed by atoms with Crippen LogP contribution in [0.5, 0.6) is 0 Å². The predicted octanol–water partition coefficient (Wildman–Crippen LogP) is -0.266. The molecule has 1 saturated heterocycles. The van der Waals surface area contributed by atoms with E-state index in [4.69, 9.17) is 9.84 Å². The van der Waals surface area contributed by atoms with Crippen molar-refractivity contribution in [2.45, 2.75) is 38.4 Å². The molecule has 1 fully saturated rings. The highest BCUT2D eigenvalue weighted by molar-refractivity contribution is 5.76. The first-order valence-electron chi connectivity index (χ1n) is 5.99. The maximum atomic E-state index is 11.4. The molecule has 3 N–H and O–H groups in total. The van der Waals surface area contributed by atoms with Crippen LogP contribution in [0.4, 0.5) is 0 Å². The first kappa shape index (κ1) is 13.9. The summed E-state index contributed by atoms with van der Waals surface area (Å²) in [6.07, 6.45) is 0.763. The van der Waals surface area contributed by atoms with E-state index in [9.17, 15) is 9.59 Å². The van der Waals surface area contributed by atoms with Crippen molar-refractivity contribution in [1.82, 2.24) is 10.6 Å². The van der Waals surface area contributed by atoms with Crippen LogP contribution in [0.3, 0.4) is 0 Å². The van der Waals surface area contributed by atoms with E-state index in [1.54, 1.807) is 0 Å². The second-order valence-electron chi connectivity index (χ2n) is 4.07. The third-order valence-electron chi connectivity index (χ3n) is 2.69. The molecule has 1 amide bonds. The Morgan fingerprint density at radius 1 is 1.41 bits per heavy atom. The molecule has 0 aromatic carbocycles. The summed E-state index contributed by atoms with van der Waals surface area (Å²) in [5, 5.41) is 14.5. The van der Waals surface area contributed by atoms with E-state index >= 15 is 0 Å². The molecule has 6 heteroatoms. The zero-order valence-electron chi connectivity index (χ0n) is 10.1. The van der Waals surface area contributed by atoms with Gasteiger partial charge in [0.05, 0.1) is 6.10 Å². The van der Waals surface area contributed by atoms with Crippen molar-refractivity contribution in [3.05, 3.63) is 0 Å². The highest BCUT2D eigenvalue weighted by Crippen LogP contribution is 2.19. The monoisotopic (exact) mass is 244 g/mol. The Morgan fingerprint density at radius 2 is 2.18 bits per heavy atom. The summed E-state index contributed by atoms with van der Waals surface area (Å²) in [5.74, 6) is -0.959. The third kappa shape index (κ3) is 5.14. The molecule has 0 aromatic rings. The molecule has 1 aliphatic rings. The van der Waals surface area contributed by atoms with Crippen LogP contribution in [0.15, 0.2) is 0 Å². The summed E-state index contributed by atoms with van der Waals surface area (Å²) in [7, 11) is 0. The zero-order valence-corrected chi connectivity index (χ0v) is 10.1. The standard InChI is InChI=1S/C11H20N2O4/c1-2-12-6-5-10(14)13-7-8-3-4-9(17-8)11(15)16/h8-9,12H,2-7H2,1H3,(H,13,14)(H,15,16). The molecular formula is C11H20N2O4. The highest BCUT2D eigenvalue weighted by Gasteiger charge is 2.30. The zero-order chi connectivity index (χ0) is 12.7. The minimum atomic E-state index is -0.925. The SMILES string of the molecule is CCNCCC(=O)NCC1CCC(C(=O)O)O1. The number of aliphatic carboxylic acids is 1. The molecule has 0 saturated carbocycles. The van der Waals surface area contributed by atoms with Crippen LogP contribution in [0, 0.1) is 0 Å². The van der Waals surface area contributed by atoms with Crippen molar-refractivity contribution in [2.75, 3.05) is 19.6 Å². The van der Waals surface area contributed by atoms with E-state index < -0.39 is 12.1 Å². The molecule has 0 aliphatic carbocycles. The van der Waals surface area contributed by atoms with Gasteiger partial charge in [-0.1, -0.05) is 6.92 Å². The second kappa shape index (κ2) is 7.24. The van der Waals surface area contributed by atoms with Crippen molar-refractivity contribution in [1.29, 1.82) is 0 Å². The van der Waals surface area contributed by atoms with Crippen molar-refractivity contribution >= 4 is 11.9 Å². The average Bonchev–Trinajstić information content (AvgIpc) is 2.75. The molecular weight excluding hydrogens is 224 g/mol. The first-order chi connectivity index (χ1) is 8.13. The van der Waals surface area contributed by atoms with Gasteiger partial charge in [0, 0.05) is 19.5 Å². The van der Waals surface area contributed by atoms with E-state index in [2.05, 4.69) is 10.6 Å². The van der Waals surface area contributed by atoms with Gasteiger partial charge >= 0.3 is 5.97 Å². The molecule has 0 aromatic heterocycles. The van der Waals surface area contributed by atoms with E-state index in [0.29, 0.717) is 32.4 Å². The lowest BCUT2D eigenvalue weighted by Gasteiger charge is -2.12. The van der Waals surface area contributed by atoms with Crippen LogP contribution in [-0.4, -0.2) is 48.8 Å². The van der Waals surface area contributed by atoms with Gasteiger partial charge in [-0.15, -0.1) is 0 Å². The molecule has 2 unspecified atom stereocenters. The molecule has 0 radical (unpaired) electrons.